The maximum absolute atomic E-state index is 4.74. The van der Waals surface area contributed by atoms with E-state index in [4.69, 9.17) is 4.98 Å². The molecule has 0 amide bonds. The lowest BCUT2D eigenvalue weighted by Gasteiger charge is -2.30. The van der Waals surface area contributed by atoms with E-state index < -0.39 is 0 Å². The van der Waals surface area contributed by atoms with Gasteiger partial charge < -0.3 is 5.32 Å². The lowest BCUT2D eigenvalue weighted by molar-refractivity contribution is 0.502. The van der Waals surface area contributed by atoms with Crippen molar-refractivity contribution in [3.63, 3.8) is 0 Å². The smallest absolute Gasteiger partial charge is 0.193 e. The summed E-state index contributed by atoms with van der Waals surface area (Å²) in [5.74, 6) is 3.87. The Kier molecular flexibility index (Phi) is 5.31. The van der Waals surface area contributed by atoms with Crippen molar-refractivity contribution in [1.29, 1.82) is 0 Å². The zero-order valence-corrected chi connectivity index (χ0v) is 14.2. The molecular weight excluding hydrogens is 306 g/mol. The molecule has 1 aliphatic heterocycles. The van der Waals surface area contributed by atoms with Crippen molar-refractivity contribution >= 4 is 39.8 Å². The van der Waals surface area contributed by atoms with Crippen LogP contribution in [-0.4, -0.2) is 44.5 Å². The SMILES string of the molecule is CCCNC(Cc1cn2ccsc2n1)C1CSCCS1. The van der Waals surface area contributed by atoms with Crippen molar-refractivity contribution in [2.75, 3.05) is 23.8 Å². The number of nitrogens with zero attached hydrogens (tertiary/aromatic N) is 2. The van der Waals surface area contributed by atoms with E-state index in [0.29, 0.717) is 6.04 Å². The van der Waals surface area contributed by atoms with Crippen molar-refractivity contribution < 1.29 is 0 Å². The van der Waals surface area contributed by atoms with Crippen molar-refractivity contribution in [2.45, 2.75) is 31.1 Å². The number of nitrogens with one attached hydrogen (secondary N) is 1. The number of hydrogen-bond donors (Lipinski definition) is 1. The molecule has 6 heteroatoms. The van der Waals surface area contributed by atoms with Crippen molar-refractivity contribution in [3.8, 4) is 0 Å². The van der Waals surface area contributed by atoms with Gasteiger partial charge in [0, 0.05) is 52.7 Å². The van der Waals surface area contributed by atoms with Crippen LogP contribution in [0.25, 0.3) is 4.96 Å². The Morgan fingerprint density at radius 1 is 1.50 bits per heavy atom. The Hall–Kier alpha value is -0.170. The van der Waals surface area contributed by atoms with Crippen LogP contribution in [0, 0.1) is 0 Å². The van der Waals surface area contributed by atoms with E-state index in [9.17, 15) is 0 Å². The van der Waals surface area contributed by atoms with Gasteiger partial charge in [0.15, 0.2) is 4.96 Å². The van der Waals surface area contributed by atoms with Crippen molar-refractivity contribution in [2.24, 2.45) is 0 Å². The number of fused-ring (bicyclic) bond motifs is 1. The molecule has 0 radical (unpaired) electrons. The third-order valence-electron chi connectivity index (χ3n) is 3.52. The van der Waals surface area contributed by atoms with Crippen LogP contribution in [0.15, 0.2) is 17.8 Å². The monoisotopic (exact) mass is 327 g/mol. The average Bonchev–Trinajstić information content (AvgIpc) is 3.05. The lowest BCUT2D eigenvalue weighted by atomic mass is 10.1. The predicted molar refractivity (Wildman–Crippen MR) is 92.4 cm³/mol. The topological polar surface area (TPSA) is 29.3 Å². The molecule has 20 heavy (non-hydrogen) atoms. The molecule has 110 valence electrons. The first kappa shape index (κ1) is 14.8. The fourth-order valence-corrected chi connectivity index (χ4v) is 6.11. The van der Waals surface area contributed by atoms with Gasteiger partial charge in [0.2, 0.25) is 0 Å². The Labute approximate surface area is 132 Å². The highest BCUT2D eigenvalue weighted by atomic mass is 32.2. The van der Waals surface area contributed by atoms with Crippen molar-refractivity contribution in [3.05, 3.63) is 23.5 Å². The zero-order valence-electron chi connectivity index (χ0n) is 11.7. The number of thiazole rings is 1. The van der Waals surface area contributed by atoms with Crippen LogP contribution in [0.1, 0.15) is 19.0 Å². The molecule has 0 spiro atoms. The van der Waals surface area contributed by atoms with E-state index in [1.807, 2.05) is 0 Å². The summed E-state index contributed by atoms with van der Waals surface area (Å²) in [4.78, 5) is 5.85. The number of thioether (sulfide) groups is 2. The standard InChI is InChI=1S/C14H21N3S3/c1-2-3-15-12(13-10-18-6-7-19-13)8-11-9-17-4-5-20-14(17)16-11/h4-5,9,12-13,15H,2-3,6-8,10H2,1H3. The van der Waals surface area contributed by atoms with Gasteiger partial charge in [-0.25, -0.2) is 4.98 Å². The third kappa shape index (κ3) is 3.53. The molecule has 1 N–H and O–H groups in total. The van der Waals surface area contributed by atoms with E-state index in [1.165, 1.54) is 29.4 Å². The Morgan fingerprint density at radius 2 is 2.45 bits per heavy atom. The van der Waals surface area contributed by atoms with E-state index in [2.05, 4.69) is 57.9 Å². The molecule has 2 atom stereocenters. The first-order chi connectivity index (χ1) is 9.86. The summed E-state index contributed by atoms with van der Waals surface area (Å²) in [6.45, 7) is 3.34. The summed E-state index contributed by atoms with van der Waals surface area (Å²) in [5.41, 5.74) is 1.22. The van der Waals surface area contributed by atoms with Gasteiger partial charge in [-0.1, -0.05) is 6.92 Å². The number of rotatable bonds is 6. The van der Waals surface area contributed by atoms with Crippen LogP contribution in [0.2, 0.25) is 0 Å². The molecule has 0 saturated carbocycles. The Balaban J connectivity index is 1.69. The van der Waals surface area contributed by atoms with Crippen LogP contribution in [0.4, 0.5) is 0 Å². The molecule has 3 heterocycles. The van der Waals surface area contributed by atoms with E-state index in [-0.39, 0.29) is 0 Å². The molecule has 1 aliphatic rings. The fourth-order valence-electron chi connectivity index (χ4n) is 2.50. The highest BCUT2D eigenvalue weighted by Gasteiger charge is 2.25. The lowest BCUT2D eigenvalue weighted by Crippen LogP contribution is -2.43. The first-order valence-electron chi connectivity index (χ1n) is 7.20. The molecule has 0 aromatic carbocycles. The molecule has 1 fully saturated rings. The summed E-state index contributed by atoms with van der Waals surface area (Å²) < 4.78 is 2.14. The van der Waals surface area contributed by atoms with Crippen LogP contribution >= 0.6 is 34.9 Å². The van der Waals surface area contributed by atoms with E-state index in [1.54, 1.807) is 11.3 Å². The molecule has 2 aromatic heterocycles. The second-order valence-electron chi connectivity index (χ2n) is 5.07. The van der Waals surface area contributed by atoms with Crippen LogP contribution in [0.3, 0.4) is 0 Å². The van der Waals surface area contributed by atoms with Gasteiger partial charge >= 0.3 is 0 Å². The molecule has 1 saturated heterocycles. The molecule has 3 nitrogen and oxygen atoms in total. The Bertz CT molecular complexity index is 502. The van der Waals surface area contributed by atoms with Crippen LogP contribution in [0.5, 0.6) is 0 Å². The summed E-state index contributed by atoms with van der Waals surface area (Å²) >= 11 is 5.94. The predicted octanol–water partition coefficient (Wildman–Crippen LogP) is 3.16. The normalized spacial score (nSPS) is 21.4. The summed E-state index contributed by atoms with van der Waals surface area (Å²) in [7, 11) is 0. The van der Waals surface area contributed by atoms with Gasteiger partial charge in [-0.2, -0.15) is 23.5 Å². The molecule has 2 aromatic rings. The first-order valence-corrected chi connectivity index (χ1v) is 10.3. The van der Waals surface area contributed by atoms with Crippen LogP contribution < -0.4 is 5.32 Å². The fraction of sp³-hybridized carbons (Fsp3) is 0.643. The number of hydrogen-bond acceptors (Lipinski definition) is 5. The van der Waals surface area contributed by atoms with Crippen molar-refractivity contribution in [1.82, 2.24) is 14.7 Å². The minimum Gasteiger partial charge on any atom is -0.312 e. The molecule has 0 aliphatic carbocycles. The minimum absolute atomic E-state index is 0.553. The van der Waals surface area contributed by atoms with E-state index >= 15 is 0 Å². The molecule has 2 unspecified atom stereocenters. The van der Waals surface area contributed by atoms with Gasteiger partial charge in [0.1, 0.15) is 0 Å². The van der Waals surface area contributed by atoms with Gasteiger partial charge in [0.25, 0.3) is 0 Å². The number of aromatic nitrogens is 2. The minimum atomic E-state index is 0.553. The largest absolute Gasteiger partial charge is 0.312 e. The van der Waals surface area contributed by atoms with Gasteiger partial charge in [0.05, 0.1) is 5.69 Å². The highest BCUT2D eigenvalue weighted by Crippen LogP contribution is 2.28. The Morgan fingerprint density at radius 3 is 3.20 bits per heavy atom. The average molecular weight is 328 g/mol. The highest BCUT2D eigenvalue weighted by molar-refractivity contribution is 8.06. The summed E-state index contributed by atoms with van der Waals surface area (Å²) in [5, 5.41) is 6.56. The van der Waals surface area contributed by atoms with E-state index in [0.717, 1.165) is 23.2 Å². The van der Waals surface area contributed by atoms with Crippen LogP contribution in [-0.2, 0) is 6.42 Å². The molecule has 3 rings (SSSR count). The van der Waals surface area contributed by atoms with Gasteiger partial charge in [-0.3, -0.25) is 4.40 Å². The maximum Gasteiger partial charge on any atom is 0.193 e. The van der Waals surface area contributed by atoms with Gasteiger partial charge in [-0.05, 0) is 13.0 Å². The van der Waals surface area contributed by atoms with Gasteiger partial charge in [-0.15, -0.1) is 11.3 Å². The maximum atomic E-state index is 4.74. The summed E-state index contributed by atoms with van der Waals surface area (Å²) in [6, 6.07) is 0.553. The molecular formula is C14H21N3S3. The quantitative estimate of drug-likeness (QED) is 0.882. The summed E-state index contributed by atoms with van der Waals surface area (Å²) in [6.07, 6.45) is 6.52. The second kappa shape index (κ2) is 7.20. The number of imidazole rings is 1. The second-order valence-corrected chi connectivity index (χ2v) is 8.44. The third-order valence-corrected chi connectivity index (χ3v) is 7.21. The zero-order chi connectivity index (χ0) is 13.8. The molecule has 0 bridgehead atoms.